The smallest absolute Gasteiger partial charge is 0.419 e. The summed E-state index contributed by atoms with van der Waals surface area (Å²) < 4.78 is 51.9. The molecule has 3 aliphatic rings. The molecule has 7 nitrogen and oxygen atoms in total. The predicted octanol–water partition coefficient (Wildman–Crippen LogP) is 4.59. The lowest BCUT2D eigenvalue weighted by Gasteiger charge is -2.43. The van der Waals surface area contributed by atoms with Crippen molar-refractivity contribution in [3.8, 4) is 11.8 Å². The van der Waals surface area contributed by atoms with Gasteiger partial charge in [-0.1, -0.05) is 0 Å². The van der Waals surface area contributed by atoms with Gasteiger partial charge in [-0.2, -0.15) is 18.4 Å². The highest BCUT2D eigenvalue weighted by atomic mass is 32.1. The van der Waals surface area contributed by atoms with Gasteiger partial charge in [-0.25, -0.2) is 4.98 Å². The van der Waals surface area contributed by atoms with E-state index >= 15 is 0 Å². The average Bonchev–Trinajstić information content (AvgIpc) is 3.06. The first-order chi connectivity index (χ1) is 16.7. The van der Waals surface area contributed by atoms with Crippen LogP contribution in [0.5, 0.6) is 5.75 Å². The Kier molecular flexibility index (Phi) is 5.89. The van der Waals surface area contributed by atoms with Gasteiger partial charge in [-0.05, 0) is 61.8 Å². The summed E-state index contributed by atoms with van der Waals surface area (Å²) in [5, 5.41) is 9.12. The van der Waals surface area contributed by atoms with Crippen molar-refractivity contribution in [1.29, 1.82) is 5.26 Å². The number of anilines is 2. The van der Waals surface area contributed by atoms with Gasteiger partial charge in [0.2, 0.25) is 0 Å². The van der Waals surface area contributed by atoms with Gasteiger partial charge in [0, 0.05) is 18.5 Å². The Bertz CT molecular complexity index is 1200. The van der Waals surface area contributed by atoms with Crippen LogP contribution in [0, 0.1) is 11.3 Å². The summed E-state index contributed by atoms with van der Waals surface area (Å²) in [6, 6.07) is 9.42. The first-order valence-corrected chi connectivity index (χ1v) is 11.7. The molecule has 0 bridgehead atoms. The number of carbonyl (C=O) groups excluding carboxylic acids is 1. The number of hydrogen-bond acceptors (Lipinski definition) is 6. The van der Waals surface area contributed by atoms with E-state index in [4.69, 9.17) is 27.0 Å². The van der Waals surface area contributed by atoms with Crippen molar-refractivity contribution in [3.63, 3.8) is 0 Å². The number of amides is 1. The zero-order chi connectivity index (χ0) is 24.8. The van der Waals surface area contributed by atoms with Crippen LogP contribution in [0.3, 0.4) is 0 Å². The summed E-state index contributed by atoms with van der Waals surface area (Å²) in [6.45, 7) is 1.32. The van der Waals surface area contributed by atoms with Crippen LogP contribution >= 0.6 is 12.2 Å². The average molecular weight is 503 g/mol. The van der Waals surface area contributed by atoms with E-state index in [0.717, 1.165) is 36.4 Å². The molecule has 182 valence electrons. The van der Waals surface area contributed by atoms with Gasteiger partial charge in [0.15, 0.2) is 10.8 Å². The molecule has 2 aromatic rings. The molecular formula is C24H21F3N4O3S. The largest absolute Gasteiger partial charge is 0.490 e. The lowest BCUT2D eigenvalue weighted by molar-refractivity contribution is -0.138. The van der Waals surface area contributed by atoms with Crippen molar-refractivity contribution < 1.29 is 27.4 Å². The molecule has 1 aromatic carbocycles. The van der Waals surface area contributed by atoms with Crippen molar-refractivity contribution in [3.05, 3.63) is 47.8 Å². The Morgan fingerprint density at radius 1 is 1.17 bits per heavy atom. The third kappa shape index (κ3) is 4.00. The van der Waals surface area contributed by atoms with E-state index in [2.05, 4.69) is 4.98 Å². The molecule has 11 heteroatoms. The minimum atomic E-state index is -4.80. The second kappa shape index (κ2) is 8.77. The molecule has 0 atom stereocenters. The number of rotatable bonds is 4. The number of alkyl halides is 3. The Labute approximate surface area is 205 Å². The molecule has 1 amide bonds. The maximum Gasteiger partial charge on any atom is 0.419 e. The van der Waals surface area contributed by atoms with Crippen LogP contribution in [0.2, 0.25) is 0 Å². The van der Waals surface area contributed by atoms with Crippen LogP contribution in [0.1, 0.15) is 43.4 Å². The highest BCUT2D eigenvalue weighted by Gasteiger charge is 2.59. The van der Waals surface area contributed by atoms with Gasteiger partial charge in [-0.15, -0.1) is 0 Å². The van der Waals surface area contributed by atoms with Crippen LogP contribution < -0.4 is 14.5 Å². The van der Waals surface area contributed by atoms with Gasteiger partial charge in [0.05, 0.1) is 30.7 Å². The fourth-order valence-corrected chi connectivity index (χ4v) is 5.22. The zero-order valence-corrected chi connectivity index (χ0v) is 19.4. The third-order valence-electron chi connectivity index (χ3n) is 6.70. The van der Waals surface area contributed by atoms with Crippen LogP contribution in [-0.4, -0.2) is 40.9 Å². The maximum absolute atomic E-state index is 13.5. The fraction of sp³-hybridized carbons (Fsp3) is 0.417. The van der Waals surface area contributed by atoms with Gasteiger partial charge >= 0.3 is 6.18 Å². The molecule has 0 N–H and O–H groups in total. The molecule has 3 fully saturated rings. The normalized spacial score (nSPS) is 20.2. The molecule has 0 unspecified atom stereocenters. The number of pyridine rings is 1. The van der Waals surface area contributed by atoms with Gasteiger partial charge < -0.3 is 14.4 Å². The van der Waals surface area contributed by atoms with E-state index in [-0.39, 0.29) is 16.9 Å². The highest BCUT2D eigenvalue weighted by Crippen LogP contribution is 2.48. The monoisotopic (exact) mass is 502 g/mol. The lowest BCUT2D eigenvalue weighted by Crippen LogP contribution is -2.55. The first kappa shape index (κ1) is 23.5. The zero-order valence-electron chi connectivity index (χ0n) is 18.5. The maximum atomic E-state index is 13.5. The second-order valence-electron chi connectivity index (χ2n) is 8.77. The number of ether oxygens (including phenoxy) is 2. The van der Waals surface area contributed by atoms with Crippen LogP contribution in [0.4, 0.5) is 24.5 Å². The van der Waals surface area contributed by atoms with Gasteiger partial charge in [0.25, 0.3) is 5.91 Å². The number of thiocarbonyl (C=S) groups is 1. The van der Waals surface area contributed by atoms with E-state index in [1.165, 1.54) is 6.07 Å². The van der Waals surface area contributed by atoms with Crippen molar-refractivity contribution in [2.75, 3.05) is 23.0 Å². The second-order valence-corrected chi connectivity index (χ2v) is 9.13. The minimum Gasteiger partial charge on any atom is -0.490 e. The summed E-state index contributed by atoms with van der Waals surface area (Å²) in [5.74, 6) is 0.290. The number of hydrogen-bond donors (Lipinski definition) is 0. The molecule has 3 heterocycles. The topological polar surface area (TPSA) is 78.7 Å². The Morgan fingerprint density at radius 3 is 2.43 bits per heavy atom. The van der Waals surface area contributed by atoms with Crippen molar-refractivity contribution in [2.45, 2.75) is 49.9 Å². The third-order valence-corrected chi connectivity index (χ3v) is 7.07. The van der Waals surface area contributed by atoms with Crippen LogP contribution in [-0.2, 0) is 15.7 Å². The molecular weight excluding hydrogens is 481 g/mol. The number of aromatic nitrogens is 1. The molecule has 2 aliphatic heterocycles. The standard InChI is InChI=1S/C24H21F3N4O3S/c25-24(26,27)19-12-16(14-29-20(19)13-28)30-21(32)23(8-1-9-23)31(22(30)35)15-2-4-17(5-3-15)34-18-6-10-33-11-7-18/h2-5,12,14,18H,1,6-11H2. The van der Waals surface area contributed by atoms with E-state index in [0.29, 0.717) is 37.5 Å². The lowest BCUT2D eigenvalue weighted by atomic mass is 9.75. The van der Waals surface area contributed by atoms with E-state index in [1.54, 1.807) is 29.2 Å². The molecule has 1 aliphatic carbocycles. The van der Waals surface area contributed by atoms with E-state index in [1.807, 2.05) is 0 Å². The van der Waals surface area contributed by atoms with Crippen LogP contribution in [0.25, 0.3) is 0 Å². The summed E-state index contributed by atoms with van der Waals surface area (Å²) in [6.07, 6.45) is -0.179. The predicted molar refractivity (Wildman–Crippen MR) is 124 cm³/mol. The molecule has 5 rings (SSSR count). The quantitative estimate of drug-likeness (QED) is 0.566. The number of carbonyl (C=O) groups is 1. The highest BCUT2D eigenvalue weighted by molar-refractivity contribution is 7.81. The molecule has 1 spiro atoms. The SMILES string of the molecule is N#Cc1ncc(N2C(=O)C3(CCC3)N(c3ccc(OC4CCOCC4)cc3)C2=S)cc1C(F)(F)F. The molecule has 0 radical (unpaired) electrons. The summed E-state index contributed by atoms with van der Waals surface area (Å²) in [5.41, 5.74) is -2.37. The fourth-order valence-electron chi connectivity index (χ4n) is 4.75. The summed E-state index contributed by atoms with van der Waals surface area (Å²) in [4.78, 5) is 20.0. The van der Waals surface area contributed by atoms with Crippen LogP contribution in [0.15, 0.2) is 36.5 Å². The minimum absolute atomic E-state index is 0.0733. The molecule has 2 saturated heterocycles. The number of benzene rings is 1. The molecule has 1 aromatic heterocycles. The van der Waals surface area contributed by atoms with Gasteiger partial charge in [0.1, 0.15) is 23.5 Å². The Morgan fingerprint density at radius 2 is 1.86 bits per heavy atom. The Hall–Kier alpha value is -3.23. The van der Waals surface area contributed by atoms with Gasteiger partial charge in [-0.3, -0.25) is 9.69 Å². The van der Waals surface area contributed by atoms with Crippen molar-refractivity contribution in [1.82, 2.24) is 4.98 Å². The number of halogens is 3. The number of nitriles is 1. The number of nitrogens with zero attached hydrogens (tertiary/aromatic N) is 4. The first-order valence-electron chi connectivity index (χ1n) is 11.3. The van der Waals surface area contributed by atoms with Crippen molar-refractivity contribution >= 4 is 34.6 Å². The summed E-state index contributed by atoms with van der Waals surface area (Å²) in [7, 11) is 0. The van der Waals surface area contributed by atoms with E-state index < -0.39 is 28.9 Å². The molecule has 1 saturated carbocycles. The molecule has 35 heavy (non-hydrogen) atoms. The Balaban J connectivity index is 1.46. The van der Waals surface area contributed by atoms with E-state index in [9.17, 15) is 18.0 Å². The van der Waals surface area contributed by atoms with Crippen molar-refractivity contribution in [2.24, 2.45) is 0 Å². The summed E-state index contributed by atoms with van der Waals surface area (Å²) >= 11 is 5.63.